The third-order valence-corrected chi connectivity index (χ3v) is 4.76. The summed E-state index contributed by atoms with van der Waals surface area (Å²) in [6, 6.07) is 9.68. The average Bonchev–Trinajstić information content (AvgIpc) is 2.74. The van der Waals surface area contributed by atoms with Crippen LogP contribution in [0.4, 0.5) is 10.5 Å². The Bertz CT molecular complexity index is 1040. The lowest BCUT2D eigenvalue weighted by atomic mass is 10.0. The second kappa shape index (κ2) is 11.2. The second-order valence-electron chi connectivity index (χ2n) is 8.44. The summed E-state index contributed by atoms with van der Waals surface area (Å²) in [6.45, 7) is 5.75. The monoisotopic (exact) mass is 454 g/mol. The van der Waals surface area contributed by atoms with Crippen LogP contribution in [0, 0.1) is 0 Å². The summed E-state index contributed by atoms with van der Waals surface area (Å²) >= 11 is 0. The number of ether oxygens (including phenoxy) is 1. The molecule has 2 rings (SSSR count). The Morgan fingerprint density at radius 3 is 2.52 bits per heavy atom. The van der Waals surface area contributed by atoms with Gasteiger partial charge in [0.05, 0.1) is 11.3 Å². The minimum Gasteiger partial charge on any atom is -0.506 e. The molecule has 0 fully saturated rings. The smallest absolute Gasteiger partial charge is 0.410 e. The lowest BCUT2D eigenvalue weighted by Crippen LogP contribution is -2.37. The number of carboxylic acids is 1. The summed E-state index contributed by atoms with van der Waals surface area (Å²) in [7, 11) is 1.67. The van der Waals surface area contributed by atoms with Gasteiger partial charge < -0.3 is 25.2 Å². The first-order valence-electron chi connectivity index (χ1n) is 10.5. The van der Waals surface area contributed by atoms with E-state index in [9.17, 15) is 24.6 Å². The number of carbonyl (C=O) groups excluding carboxylic acids is 2. The maximum Gasteiger partial charge on any atom is 0.410 e. The molecule has 0 unspecified atom stereocenters. The zero-order valence-corrected chi connectivity index (χ0v) is 19.3. The predicted octanol–water partition coefficient (Wildman–Crippen LogP) is 4.32. The van der Waals surface area contributed by atoms with Gasteiger partial charge in [-0.15, -0.1) is 0 Å². The molecule has 0 aliphatic heterocycles. The van der Waals surface area contributed by atoms with Crippen molar-refractivity contribution in [1.29, 1.82) is 0 Å². The number of carboxylic acid groups (broad SMARTS) is 1. The zero-order valence-electron chi connectivity index (χ0n) is 19.3. The first kappa shape index (κ1) is 25.5. The van der Waals surface area contributed by atoms with Crippen LogP contribution in [0.5, 0.6) is 5.75 Å². The normalized spacial score (nSPS) is 11.3. The van der Waals surface area contributed by atoms with E-state index < -0.39 is 17.7 Å². The van der Waals surface area contributed by atoms with E-state index in [0.717, 1.165) is 5.56 Å². The third kappa shape index (κ3) is 7.38. The molecule has 0 heterocycles. The Morgan fingerprint density at radius 2 is 1.91 bits per heavy atom. The fraction of sp³-hybridized carbons (Fsp3) is 0.320. The third-order valence-electron chi connectivity index (χ3n) is 4.76. The van der Waals surface area contributed by atoms with Crippen LogP contribution in [-0.2, 0) is 22.5 Å². The molecule has 176 valence electrons. The highest BCUT2D eigenvalue weighted by Gasteiger charge is 2.23. The number of allylic oxidation sites excluding steroid dienone is 1. The molecule has 0 spiro atoms. The SMILES string of the molecule is CNc1c(O)ccc(CCN(Cc2cccc(C(=O)O)c2)C(=O)OC(C)(C)C)c1/C=C\C=O. The number of rotatable bonds is 9. The average molecular weight is 455 g/mol. The Hall–Kier alpha value is -3.81. The van der Waals surface area contributed by atoms with Crippen LogP contribution >= 0.6 is 0 Å². The van der Waals surface area contributed by atoms with Crippen molar-refractivity contribution in [1.82, 2.24) is 4.90 Å². The van der Waals surface area contributed by atoms with Crippen molar-refractivity contribution in [2.75, 3.05) is 18.9 Å². The van der Waals surface area contributed by atoms with Gasteiger partial charge in [0, 0.05) is 25.7 Å². The van der Waals surface area contributed by atoms with Gasteiger partial charge in [0.1, 0.15) is 17.6 Å². The van der Waals surface area contributed by atoms with E-state index in [1.807, 2.05) is 0 Å². The van der Waals surface area contributed by atoms with Crippen molar-refractivity contribution >= 4 is 30.1 Å². The molecule has 0 saturated heterocycles. The van der Waals surface area contributed by atoms with Gasteiger partial charge in [0.25, 0.3) is 0 Å². The number of phenols is 1. The van der Waals surface area contributed by atoms with Gasteiger partial charge in [-0.2, -0.15) is 0 Å². The number of carbonyl (C=O) groups is 3. The summed E-state index contributed by atoms with van der Waals surface area (Å²) in [5.74, 6) is -1.00. The highest BCUT2D eigenvalue weighted by Crippen LogP contribution is 2.31. The van der Waals surface area contributed by atoms with Gasteiger partial charge >= 0.3 is 12.1 Å². The lowest BCUT2D eigenvalue weighted by Gasteiger charge is -2.28. The maximum atomic E-state index is 12.9. The Labute approximate surface area is 193 Å². The molecule has 0 saturated carbocycles. The molecule has 3 N–H and O–H groups in total. The quantitative estimate of drug-likeness (QED) is 0.293. The number of nitrogens with zero attached hydrogens (tertiary/aromatic N) is 1. The Balaban J connectivity index is 2.35. The lowest BCUT2D eigenvalue weighted by molar-refractivity contribution is -0.104. The summed E-state index contributed by atoms with van der Waals surface area (Å²) in [4.78, 5) is 36.6. The van der Waals surface area contributed by atoms with Crippen LogP contribution in [0.15, 0.2) is 42.5 Å². The molecule has 33 heavy (non-hydrogen) atoms. The van der Waals surface area contributed by atoms with Crippen molar-refractivity contribution in [3.63, 3.8) is 0 Å². The Kier molecular flexibility index (Phi) is 8.62. The summed E-state index contributed by atoms with van der Waals surface area (Å²) in [5.41, 5.74) is 2.01. The van der Waals surface area contributed by atoms with E-state index in [-0.39, 0.29) is 24.4 Å². The van der Waals surface area contributed by atoms with Crippen LogP contribution in [0.1, 0.15) is 47.8 Å². The van der Waals surface area contributed by atoms with Gasteiger partial charge in [-0.3, -0.25) is 4.79 Å². The molecule has 0 radical (unpaired) electrons. The van der Waals surface area contributed by atoms with Crippen LogP contribution in [0.3, 0.4) is 0 Å². The first-order chi connectivity index (χ1) is 15.6. The minimum absolute atomic E-state index is 0.0429. The number of hydrogen-bond donors (Lipinski definition) is 3. The number of aromatic carboxylic acids is 1. The van der Waals surface area contributed by atoms with Crippen LogP contribution in [0.25, 0.3) is 6.08 Å². The second-order valence-corrected chi connectivity index (χ2v) is 8.44. The van der Waals surface area contributed by atoms with Crippen LogP contribution < -0.4 is 5.32 Å². The van der Waals surface area contributed by atoms with Crippen molar-refractivity contribution in [2.24, 2.45) is 0 Å². The molecule has 1 amide bonds. The number of aromatic hydroxyl groups is 1. The number of nitrogens with one attached hydrogen (secondary N) is 1. The highest BCUT2D eigenvalue weighted by molar-refractivity contribution is 5.87. The summed E-state index contributed by atoms with van der Waals surface area (Å²) < 4.78 is 5.56. The van der Waals surface area contributed by atoms with Crippen molar-refractivity contribution in [2.45, 2.75) is 39.3 Å². The molecule has 0 bridgehead atoms. The van der Waals surface area contributed by atoms with E-state index in [2.05, 4.69) is 5.32 Å². The molecule has 8 heteroatoms. The van der Waals surface area contributed by atoms with E-state index in [0.29, 0.717) is 29.5 Å². The molecule has 0 aliphatic carbocycles. The molecular weight excluding hydrogens is 424 g/mol. The van der Waals surface area contributed by atoms with Crippen molar-refractivity contribution in [3.05, 3.63) is 64.7 Å². The van der Waals surface area contributed by atoms with Crippen molar-refractivity contribution in [3.8, 4) is 5.75 Å². The number of aldehydes is 1. The number of phenolic OH excluding ortho intramolecular Hbond substituents is 1. The fourth-order valence-electron chi connectivity index (χ4n) is 3.30. The van der Waals surface area contributed by atoms with Gasteiger partial charge in [-0.1, -0.05) is 18.2 Å². The van der Waals surface area contributed by atoms with E-state index in [1.165, 1.54) is 23.1 Å². The molecule has 8 nitrogen and oxygen atoms in total. The number of anilines is 1. The fourth-order valence-corrected chi connectivity index (χ4v) is 3.30. The molecule has 0 atom stereocenters. The standard InChI is InChI=1S/C25H30N2O6/c1-25(2,3)33-24(32)27(16-17-7-5-8-19(15-17)23(30)31)13-12-18-10-11-21(29)22(26-4)20(18)9-6-14-28/h5-11,14-15,26,29H,12-13,16H2,1-4H3,(H,30,31)/b9-6-. The topological polar surface area (TPSA) is 116 Å². The van der Waals surface area contributed by atoms with Gasteiger partial charge in [0.15, 0.2) is 0 Å². The Morgan fingerprint density at radius 1 is 1.18 bits per heavy atom. The van der Waals surface area contributed by atoms with Crippen molar-refractivity contribution < 1.29 is 29.3 Å². The highest BCUT2D eigenvalue weighted by atomic mass is 16.6. The van der Waals surface area contributed by atoms with Gasteiger partial charge in [-0.25, -0.2) is 9.59 Å². The number of amides is 1. The molecule has 2 aromatic rings. The maximum absolute atomic E-state index is 12.9. The molecular formula is C25H30N2O6. The van der Waals surface area contributed by atoms with E-state index >= 15 is 0 Å². The first-order valence-corrected chi connectivity index (χ1v) is 10.5. The van der Waals surface area contributed by atoms with Gasteiger partial charge in [0.2, 0.25) is 0 Å². The van der Waals surface area contributed by atoms with Crippen LogP contribution in [0.2, 0.25) is 0 Å². The van der Waals surface area contributed by atoms with E-state index in [1.54, 1.807) is 58.2 Å². The molecule has 2 aromatic carbocycles. The largest absolute Gasteiger partial charge is 0.506 e. The number of hydrogen-bond acceptors (Lipinski definition) is 6. The number of benzene rings is 2. The summed E-state index contributed by atoms with van der Waals surface area (Å²) in [5, 5.41) is 22.4. The van der Waals surface area contributed by atoms with Crippen LogP contribution in [-0.4, -0.2) is 52.7 Å². The van der Waals surface area contributed by atoms with E-state index in [4.69, 9.17) is 4.74 Å². The predicted molar refractivity (Wildman–Crippen MR) is 127 cm³/mol. The zero-order chi connectivity index (χ0) is 24.6. The minimum atomic E-state index is -1.05. The molecule has 0 aliphatic rings. The van der Waals surface area contributed by atoms with Gasteiger partial charge in [-0.05, 0) is 68.7 Å². The summed E-state index contributed by atoms with van der Waals surface area (Å²) in [6.07, 6.45) is 3.46. The molecule has 0 aromatic heterocycles.